The lowest BCUT2D eigenvalue weighted by atomic mass is 9.80. The van der Waals surface area contributed by atoms with Crippen molar-refractivity contribution < 1.29 is 14.3 Å². The standard InChI is InChI=1S/C23H26N4O3S/c1-4-25-21(31)26(5-2)23(18-14-10-7-11-15-18)22(25,17-12-8-6-9-13-17)24-20(29)27(23)16-19(28)30-3/h6-15H,4-5,16H2,1-3H3,(H,24,29). The SMILES string of the molecule is CCN1C(=S)N(CC)C2(c3ccccc3)N(CC(=O)OC)C(=O)NC12c1ccccc1. The van der Waals surface area contributed by atoms with Gasteiger partial charge in [0.05, 0.1) is 7.11 Å². The first-order valence-corrected chi connectivity index (χ1v) is 10.8. The lowest BCUT2D eigenvalue weighted by Crippen LogP contribution is -2.63. The summed E-state index contributed by atoms with van der Waals surface area (Å²) in [7, 11) is 1.32. The first-order valence-electron chi connectivity index (χ1n) is 10.4. The van der Waals surface area contributed by atoms with Crippen LogP contribution in [-0.4, -0.2) is 58.6 Å². The maximum absolute atomic E-state index is 13.5. The Hall–Kier alpha value is -3.13. The van der Waals surface area contributed by atoms with Crippen molar-refractivity contribution in [2.45, 2.75) is 25.2 Å². The van der Waals surface area contributed by atoms with E-state index in [0.717, 1.165) is 11.1 Å². The van der Waals surface area contributed by atoms with Gasteiger partial charge in [0.2, 0.25) is 0 Å². The number of methoxy groups -OCH3 is 1. The number of carbonyl (C=O) groups excluding carboxylic acids is 2. The minimum Gasteiger partial charge on any atom is -0.468 e. The summed E-state index contributed by atoms with van der Waals surface area (Å²) in [6.07, 6.45) is 0. The molecule has 2 unspecified atom stereocenters. The summed E-state index contributed by atoms with van der Waals surface area (Å²) in [5.74, 6) is -0.494. The summed E-state index contributed by atoms with van der Waals surface area (Å²) in [6, 6.07) is 19.2. The summed E-state index contributed by atoms with van der Waals surface area (Å²) in [4.78, 5) is 31.6. The number of fused-ring (bicyclic) bond motifs is 1. The van der Waals surface area contributed by atoms with Crippen LogP contribution in [-0.2, 0) is 20.9 Å². The Morgan fingerprint density at radius 3 is 2.00 bits per heavy atom. The number of nitrogens with zero attached hydrogens (tertiary/aromatic N) is 3. The number of benzene rings is 2. The van der Waals surface area contributed by atoms with Crippen molar-refractivity contribution in [1.29, 1.82) is 0 Å². The second-order valence-corrected chi connectivity index (χ2v) is 7.84. The van der Waals surface area contributed by atoms with Crippen molar-refractivity contribution >= 4 is 29.3 Å². The summed E-state index contributed by atoms with van der Waals surface area (Å²) in [5.41, 5.74) is -0.355. The van der Waals surface area contributed by atoms with E-state index in [1.54, 1.807) is 4.90 Å². The molecule has 2 aromatic rings. The molecule has 0 bridgehead atoms. The van der Waals surface area contributed by atoms with Crippen molar-refractivity contribution in [3.63, 3.8) is 0 Å². The normalized spacial score (nSPS) is 24.9. The quantitative estimate of drug-likeness (QED) is 0.553. The van der Waals surface area contributed by atoms with Crippen LogP contribution in [0, 0.1) is 0 Å². The Bertz CT molecular complexity index is 1000. The highest BCUT2D eigenvalue weighted by atomic mass is 32.1. The molecule has 0 radical (unpaired) electrons. The number of hydrogen-bond acceptors (Lipinski definition) is 4. The van der Waals surface area contributed by atoms with Crippen LogP contribution in [0.15, 0.2) is 60.7 Å². The van der Waals surface area contributed by atoms with Crippen LogP contribution in [0.1, 0.15) is 25.0 Å². The molecular formula is C23H26N4O3S. The van der Waals surface area contributed by atoms with Gasteiger partial charge in [0, 0.05) is 24.2 Å². The third-order valence-electron chi connectivity index (χ3n) is 6.20. The molecule has 2 fully saturated rings. The van der Waals surface area contributed by atoms with Gasteiger partial charge in [0.1, 0.15) is 6.54 Å². The highest BCUT2D eigenvalue weighted by molar-refractivity contribution is 7.80. The molecule has 2 saturated heterocycles. The van der Waals surface area contributed by atoms with Crippen molar-refractivity contribution in [2.24, 2.45) is 0 Å². The molecule has 2 amide bonds. The fraction of sp³-hybridized carbons (Fsp3) is 0.348. The molecule has 0 aromatic heterocycles. The largest absolute Gasteiger partial charge is 0.468 e. The molecule has 2 aromatic carbocycles. The third-order valence-corrected chi connectivity index (χ3v) is 6.64. The van der Waals surface area contributed by atoms with Gasteiger partial charge in [-0.1, -0.05) is 60.7 Å². The van der Waals surface area contributed by atoms with E-state index in [1.807, 2.05) is 84.3 Å². The van der Waals surface area contributed by atoms with Crippen LogP contribution in [0.5, 0.6) is 0 Å². The maximum atomic E-state index is 13.5. The number of rotatable bonds is 6. The Kier molecular flexibility index (Phi) is 5.35. The molecule has 2 aliphatic heterocycles. The lowest BCUT2D eigenvalue weighted by Gasteiger charge is -2.48. The molecule has 7 nitrogen and oxygen atoms in total. The minimum absolute atomic E-state index is 0.206. The number of amides is 2. The van der Waals surface area contributed by atoms with Gasteiger partial charge in [-0.2, -0.15) is 0 Å². The molecule has 1 N–H and O–H groups in total. The van der Waals surface area contributed by atoms with E-state index >= 15 is 0 Å². The molecule has 4 rings (SSSR count). The number of nitrogens with one attached hydrogen (secondary N) is 1. The first kappa shape index (κ1) is 21.1. The number of hydrogen-bond donors (Lipinski definition) is 1. The Labute approximate surface area is 187 Å². The van der Waals surface area contributed by atoms with Crippen LogP contribution in [0.25, 0.3) is 0 Å². The van der Waals surface area contributed by atoms with Crippen LogP contribution < -0.4 is 5.32 Å². The zero-order chi connectivity index (χ0) is 22.2. The van der Waals surface area contributed by atoms with E-state index in [9.17, 15) is 9.59 Å². The van der Waals surface area contributed by atoms with Crippen molar-refractivity contribution in [1.82, 2.24) is 20.0 Å². The summed E-state index contributed by atoms with van der Waals surface area (Å²) >= 11 is 5.95. The lowest BCUT2D eigenvalue weighted by molar-refractivity contribution is -0.144. The Balaban J connectivity index is 2.11. The third kappa shape index (κ3) is 2.67. The summed E-state index contributed by atoms with van der Waals surface area (Å²) in [5, 5.41) is 3.85. The first-order chi connectivity index (χ1) is 15.0. The summed E-state index contributed by atoms with van der Waals surface area (Å²) in [6.45, 7) is 4.94. The maximum Gasteiger partial charge on any atom is 0.325 e. The molecule has 0 aliphatic carbocycles. The molecule has 162 valence electrons. The van der Waals surface area contributed by atoms with Crippen LogP contribution in [0.2, 0.25) is 0 Å². The van der Waals surface area contributed by atoms with E-state index in [1.165, 1.54) is 7.11 Å². The van der Waals surface area contributed by atoms with Gasteiger partial charge in [0.15, 0.2) is 16.4 Å². The second kappa shape index (κ2) is 7.85. The molecule has 2 atom stereocenters. The Morgan fingerprint density at radius 2 is 1.48 bits per heavy atom. The topological polar surface area (TPSA) is 65.1 Å². The number of esters is 1. The molecule has 0 spiro atoms. The molecule has 2 aliphatic rings. The smallest absolute Gasteiger partial charge is 0.325 e. The van der Waals surface area contributed by atoms with Gasteiger partial charge in [-0.05, 0) is 26.1 Å². The van der Waals surface area contributed by atoms with E-state index in [0.29, 0.717) is 18.2 Å². The van der Waals surface area contributed by atoms with Crippen molar-refractivity contribution in [2.75, 3.05) is 26.7 Å². The molecule has 2 heterocycles. The minimum atomic E-state index is -1.08. The predicted molar refractivity (Wildman–Crippen MR) is 121 cm³/mol. The van der Waals surface area contributed by atoms with Gasteiger partial charge < -0.3 is 19.9 Å². The van der Waals surface area contributed by atoms with Crippen LogP contribution >= 0.6 is 12.2 Å². The monoisotopic (exact) mass is 438 g/mol. The zero-order valence-corrected chi connectivity index (χ0v) is 18.7. The van der Waals surface area contributed by atoms with E-state index in [4.69, 9.17) is 17.0 Å². The number of urea groups is 1. The number of likely N-dealkylation sites (N-methyl/N-ethyl adjacent to an activating group) is 2. The second-order valence-electron chi connectivity index (χ2n) is 7.48. The fourth-order valence-corrected chi connectivity index (χ4v) is 5.62. The molecule has 0 saturated carbocycles. The van der Waals surface area contributed by atoms with Gasteiger partial charge in [-0.3, -0.25) is 9.69 Å². The fourth-order valence-electron chi connectivity index (χ4n) is 5.09. The number of carbonyl (C=O) groups is 2. The average Bonchev–Trinajstić information content (AvgIpc) is 3.18. The van der Waals surface area contributed by atoms with E-state index < -0.39 is 17.3 Å². The van der Waals surface area contributed by atoms with E-state index in [2.05, 4.69) is 5.32 Å². The van der Waals surface area contributed by atoms with Crippen LogP contribution in [0.3, 0.4) is 0 Å². The highest BCUT2D eigenvalue weighted by Gasteiger charge is 2.75. The van der Waals surface area contributed by atoms with Gasteiger partial charge >= 0.3 is 12.0 Å². The van der Waals surface area contributed by atoms with Gasteiger partial charge in [-0.15, -0.1) is 0 Å². The van der Waals surface area contributed by atoms with Crippen molar-refractivity contribution in [3.05, 3.63) is 71.8 Å². The molecule has 31 heavy (non-hydrogen) atoms. The molecule has 8 heteroatoms. The van der Waals surface area contributed by atoms with Gasteiger partial charge in [0.25, 0.3) is 0 Å². The Morgan fingerprint density at radius 1 is 0.935 bits per heavy atom. The number of ether oxygens (including phenoxy) is 1. The zero-order valence-electron chi connectivity index (χ0n) is 17.9. The van der Waals surface area contributed by atoms with Gasteiger partial charge in [-0.25, -0.2) is 4.79 Å². The predicted octanol–water partition coefficient (Wildman–Crippen LogP) is 2.83. The van der Waals surface area contributed by atoms with Crippen LogP contribution in [0.4, 0.5) is 4.79 Å². The highest BCUT2D eigenvalue weighted by Crippen LogP contribution is 2.57. The number of thiocarbonyl (C=S) groups is 1. The van der Waals surface area contributed by atoms with E-state index in [-0.39, 0.29) is 12.6 Å². The molecular weight excluding hydrogens is 412 g/mol. The average molecular weight is 439 g/mol. The summed E-state index contributed by atoms with van der Waals surface area (Å²) < 4.78 is 4.95. The van der Waals surface area contributed by atoms with Crippen molar-refractivity contribution in [3.8, 4) is 0 Å².